The third-order valence-electron chi connectivity index (χ3n) is 5.18. The molecule has 3 heteroatoms. The summed E-state index contributed by atoms with van der Waals surface area (Å²) in [5, 5.41) is 2.24. The van der Waals surface area contributed by atoms with Crippen molar-refractivity contribution >= 4 is 11.3 Å². The van der Waals surface area contributed by atoms with Gasteiger partial charge in [0.1, 0.15) is 0 Å². The van der Waals surface area contributed by atoms with E-state index in [2.05, 4.69) is 88.8 Å². The number of aryl methyl sites for hydroxylation is 1. The maximum atomic E-state index is 2.65. The quantitative estimate of drug-likeness (QED) is 0.594. The molecular formula is C23H26N2S. The molecule has 0 saturated carbocycles. The van der Waals surface area contributed by atoms with Crippen LogP contribution in [0.3, 0.4) is 0 Å². The molecule has 134 valence electrons. The van der Waals surface area contributed by atoms with Crippen LogP contribution in [0.1, 0.15) is 34.2 Å². The Labute approximate surface area is 160 Å². The molecule has 0 aliphatic carbocycles. The van der Waals surface area contributed by atoms with E-state index in [-0.39, 0.29) is 0 Å². The van der Waals surface area contributed by atoms with Gasteiger partial charge in [0.2, 0.25) is 0 Å². The summed E-state index contributed by atoms with van der Waals surface area (Å²) in [6.07, 6.45) is 1.59. The van der Waals surface area contributed by atoms with Crippen LogP contribution in [-0.2, 0) is 13.1 Å². The molecular weight excluding hydrogens is 336 g/mol. The minimum Gasteiger partial charge on any atom is -0.279 e. The van der Waals surface area contributed by atoms with Crippen molar-refractivity contribution in [2.45, 2.75) is 32.6 Å². The van der Waals surface area contributed by atoms with E-state index in [1.807, 2.05) is 11.3 Å². The fraction of sp³-hybridized carbons (Fsp3) is 0.304. The molecule has 2 aromatic carbocycles. The summed E-state index contributed by atoms with van der Waals surface area (Å²) in [7, 11) is 0. The van der Waals surface area contributed by atoms with Gasteiger partial charge in [-0.15, -0.1) is 11.3 Å². The normalized spacial score (nSPS) is 16.8. The number of rotatable bonds is 5. The Morgan fingerprint density at radius 1 is 0.808 bits per heavy atom. The van der Waals surface area contributed by atoms with Crippen LogP contribution in [0.4, 0.5) is 0 Å². The molecule has 3 aromatic rings. The van der Waals surface area contributed by atoms with Crippen molar-refractivity contribution < 1.29 is 0 Å². The predicted molar refractivity (Wildman–Crippen MR) is 110 cm³/mol. The molecule has 1 aliphatic rings. The second-order valence-corrected chi connectivity index (χ2v) is 8.05. The summed E-state index contributed by atoms with van der Waals surface area (Å²) in [5.74, 6) is 0. The molecule has 2 nitrogen and oxygen atoms in total. The maximum absolute atomic E-state index is 2.65. The Kier molecular flexibility index (Phi) is 5.49. The van der Waals surface area contributed by atoms with Crippen LogP contribution in [0, 0.1) is 6.92 Å². The Hall–Kier alpha value is -1.94. The number of hydrogen-bond donors (Lipinski definition) is 0. The molecule has 2 heterocycles. The van der Waals surface area contributed by atoms with E-state index in [4.69, 9.17) is 0 Å². The molecule has 0 radical (unpaired) electrons. The SMILES string of the molecule is Cc1ccsc1C1N(Cc2ccccc2)CCCN1Cc1ccccc1. The van der Waals surface area contributed by atoms with Gasteiger partial charge in [-0.1, -0.05) is 60.7 Å². The van der Waals surface area contributed by atoms with E-state index < -0.39 is 0 Å². The average molecular weight is 363 g/mol. The van der Waals surface area contributed by atoms with Crippen molar-refractivity contribution in [3.05, 3.63) is 93.7 Å². The summed E-state index contributed by atoms with van der Waals surface area (Å²) < 4.78 is 0. The van der Waals surface area contributed by atoms with Crippen molar-refractivity contribution in [3.63, 3.8) is 0 Å². The van der Waals surface area contributed by atoms with Crippen molar-refractivity contribution in [2.75, 3.05) is 13.1 Å². The van der Waals surface area contributed by atoms with E-state index in [9.17, 15) is 0 Å². The summed E-state index contributed by atoms with van der Waals surface area (Å²) in [4.78, 5) is 6.80. The highest BCUT2D eigenvalue weighted by molar-refractivity contribution is 7.10. The van der Waals surface area contributed by atoms with E-state index in [1.165, 1.54) is 28.0 Å². The number of hydrogen-bond acceptors (Lipinski definition) is 3. The molecule has 0 N–H and O–H groups in total. The highest BCUT2D eigenvalue weighted by Crippen LogP contribution is 2.36. The van der Waals surface area contributed by atoms with Crippen LogP contribution in [-0.4, -0.2) is 22.9 Å². The zero-order valence-corrected chi connectivity index (χ0v) is 16.2. The van der Waals surface area contributed by atoms with E-state index in [1.54, 1.807) is 0 Å². The lowest BCUT2D eigenvalue weighted by Gasteiger charge is -2.44. The summed E-state index contributed by atoms with van der Waals surface area (Å²) >= 11 is 1.90. The molecule has 1 aromatic heterocycles. The Balaban J connectivity index is 1.63. The highest BCUT2D eigenvalue weighted by atomic mass is 32.1. The van der Waals surface area contributed by atoms with Crippen LogP contribution in [0.25, 0.3) is 0 Å². The second-order valence-electron chi connectivity index (χ2n) is 7.11. The van der Waals surface area contributed by atoms with Gasteiger partial charge in [0, 0.05) is 31.1 Å². The van der Waals surface area contributed by atoms with Crippen molar-refractivity contribution in [1.29, 1.82) is 0 Å². The van der Waals surface area contributed by atoms with Crippen molar-refractivity contribution in [3.8, 4) is 0 Å². The lowest BCUT2D eigenvalue weighted by atomic mass is 10.1. The zero-order chi connectivity index (χ0) is 17.8. The lowest BCUT2D eigenvalue weighted by Crippen LogP contribution is -2.46. The minimum atomic E-state index is 0.365. The predicted octanol–water partition coefficient (Wildman–Crippen LogP) is 5.46. The fourth-order valence-electron chi connectivity index (χ4n) is 3.90. The third kappa shape index (κ3) is 3.90. The van der Waals surface area contributed by atoms with Gasteiger partial charge in [-0.05, 0) is 41.5 Å². The second kappa shape index (κ2) is 8.17. The van der Waals surface area contributed by atoms with Crippen LogP contribution in [0.15, 0.2) is 72.1 Å². The Morgan fingerprint density at radius 3 is 1.81 bits per heavy atom. The first-order valence-electron chi connectivity index (χ1n) is 9.41. The first-order chi connectivity index (χ1) is 12.8. The zero-order valence-electron chi connectivity index (χ0n) is 15.3. The Bertz CT molecular complexity index is 763. The van der Waals surface area contributed by atoms with E-state index in [0.717, 1.165) is 26.2 Å². The summed E-state index contributed by atoms with van der Waals surface area (Å²) in [6, 6.07) is 24.0. The van der Waals surface area contributed by atoms with Gasteiger partial charge in [0.15, 0.2) is 0 Å². The lowest BCUT2D eigenvalue weighted by molar-refractivity contribution is -0.00720. The number of benzene rings is 2. The van der Waals surface area contributed by atoms with Crippen molar-refractivity contribution in [1.82, 2.24) is 9.80 Å². The molecule has 0 amide bonds. The first-order valence-corrected chi connectivity index (χ1v) is 10.3. The Morgan fingerprint density at radius 2 is 1.35 bits per heavy atom. The third-order valence-corrected chi connectivity index (χ3v) is 6.23. The van der Waals surface area contributed by atoms with E-state index in [0.29, 0.717) is 6.17 Å². The number of thiophene rings is 1. The molecule has 1 saturated heterocycles. The summed E-state index contributed by atoms with van der Waals surface area (Å²) in [6.45, 7) is 6.58. The monoisotopic (exact) mass is 362 g/mol. The van der Waals surface area contributed by atoms with Crippen LogP contribution < -0.4 is 0 Å². The summed E-state index contributed by atoms with van der Waals surface area (Å²) in [5.41, 5.74) is 4.21. The molecule has 26 heavy (non-hydrogen) atoms. The smallest absolute Gasteiger partial charge is 0.0989 e. The minimum absolute atomic E-state index is 0.365. The molecule has 0 spiro atoms. The molecule has 1 fully saturated rings. The standard InChI is InChI=1S/C23H26N2S/c1-19-13-16-26-22(19)23-24(17-20-9-4-2-5-10-20)14-8-15-25(23)18-21-11-6-3-7-12-21/h2-7,9-13,16,23H,8,14-15,17-18H2,1H3. The molecule has 1 aliphatic heterocycles. The van der Waals surface area contributed by atoms with Gasteiger partial charge in [-0.3, -0.25) is 9.80 Å². The van der Waals surface area contributed by atoms with Crippen molar-refractivity contribution in [2.24, 2.45) is 0 Å². The van der Waals surface area contributed by atoms with Crippen LogP contribution >= 0.6 is 11.3 Å². The molecule has 0 atom stereocenters. The highest BCUT2D eigenvalue weighted by Gasteiger charge is 2.32. The molecule has 0 bridgehead atoms. The van der Waals surface area contributed by atoms with Gasteiger partial charge >= 0.3 is 0 Å². The topological polar surface area (TPSA) is 6.48 Å². The largest absolute Gasteiger partial charge is 0.279 e. The fourth-order valence-corrected chi connectivity index (χ4v) is 4.99. The van der Waals surface area contributed by atoms with E-state index >= 15 is 0 Å². The van der Waals surface area contributed by atoms with Gasteiger partial charge < -0.3 is 0 Å². The number of nitrogens with zero attached hydrogens (tertiary/aromatic N) is 2. The average Bonchev–Trinajstić information content (AvgIpc) is 3.09. The first kappa shape index (κ1) is 17.5. The van der Waals surface area contributed by atoms with Crippen LogP contribution in [0.2, 0.25) is 0 Å². The van der Waals surface area contributed by atoms with Gasteiger partial charge in [0.05, 0.1) is 6.17 Å². The van der Waals surface area contributed by atoms with Crippen LogP contribution in [0.5, 0.6) is 0 Å². The maximum Gasteiger partial charge on any atom is 0.0989 e. The molecule has 0 unspecified atom stereocenters. The van der Waals surface area contributed by atoms with Gasteiger partial charge in [-0.2, -0.15) is 0 Å². The van der Waals surface area contributed by atoms with Gasteiger partial charge in [-0.25, -0.2) is 0 Å². The van der Waals surface area contributed by atoms with Gasteiger partial charge in [0.25, 0.3) is 0 Å². The molecule has 4 rings (SSSR count).